The summed E-state index contributed by atoms with van der Waals surface area (Å²) in [6, 6.07) is 11.4. The Morgan fingerprint density at radius 2 is 1.71 bits per heavy atom. The van der Waals surface area contributed by atoms with Gasteiger partial charge in [-0.2, -0.15) is 0 Å². The Morgan fingerprint density at radius 3 is 2.43 bits per heavy atom. The minimum Gasteiger partial charge on any atom is -0.454 e. The predicted molar refractivity (Wildman–Crippen MR) is 104 cm³/mol. The van der Waals surface area contributed by atoms with Crippen LogP contribution < -0.4 is 14.8 Å². The van der Waals surface area contributed by atoms with Crippen LogP contribution >= 0.6 is 11.6 Å². The number of ether oxygens (including phenoxy) is 2. The van der Waals surface area contributed by atoms with Gasteiger partial charge in [-0.25, -0.2) is 8.42 Å². The zero-order valence-electron chi connectivity index (χ0n) is 15.1. The first-order valence-electron chi connectivity index (χ1n) is 9.09. The van der Waals surface area contributed by atoms with Gasteiger partial charge in [0.05, 0.1) is 4.90 Å². The number of halogens is 1. The van der Waals surface area contributed by atoms with E-state index in [9.17, 15) is 13.2 Å². The second kappa shape index (κ2) is 7.29. The molecule has 6 nitrogen and oxygen atoms in total. The molecule has 1 saturated carbocycles. The molecule has 148 valence electrons. The van der Waals surface area contributed by atoms with Gasteiger partial charge in [-0.3, -0.25) is 4.79 Å². The van der Waals surface area contributed by atoms with Gasteiger partial charge < -0.3 is 14.8 Å². The largest absolute Gasteiger partial charge is 0.454 e. The van der Waals surface area contributed by atoms with Gasteiger partial charge in [-0.1, -0.05) is 30.5 Å². The summed E-state index contributed by atoms with van der Waals surface area (Å²) in [6.45, 7) is 0.390. The van der Waals surface area contributed by atoms with Crippen LogP contribution in [0.15, 0.2) is 47.4 Å². The number of carbonyl (C=O) groups excluding carboxylic acids is 1. The number of fused-ring (bicyclic) bond motifs is 1. The standard InChI is InChI=1S/C20H20ClNO5S/c21-15-4-6-16(7-5-15)28(24,25)20(9-1-2-10-20)19(23)22-12-14-3-8-17-18(11-14)27-13-26-17/h3-8,11H,1-2,9-10,12-13H2,(H,22,23). The molecule has 1 N–H and O–H groups in total. The second-order valence-electron chi connectivity index (χ2n) is 7.03. The summed E-state index contributed by atoms with van der Waals surface area (Å²) in [5.41, 5.74) is 0.814. The molecule has 2 aromatic rings. The Balaban J connectivity index is 1.56. The number of amides is 1. The normalized spacial score (nSPS) is 17.5. The lowest BCUT2D eigenvalue weighted by Crippen LogP contribution is -2.50. The Labute approximate surface area is 168 Å². The van der Waals surface area contributed by atoms with Crippen LogP contribution in [0.2, 0.25) is 5.02 Å². The Kier molecular flexibility index (Phi) is 4.97. The molecule has 2 aliphatic rings. The van der Waals surface area contributed by atoms with Crippen LogP contribution in [0.5, 0.6) is 11.5 Å². The number of hydrogen-bond donors (Lipinski definition) is 1. The Morgan fingerprint density at radius 1 is 1.04 bits per heavy atom. The highest BCUT2D eigenvalue weighted by molar-refractivity contribution is 7.93. The molecule has 1 fully saturated rings. The van der Waals surface area contributed by atoms with E-state index in [1.807, 2.05) is 6.07 Å². The molecule has 1 amide bonds. The van der Waals surface area contributed by atoms with Crippen molar-refractivity contribution < 1.29 is 22.7 Å². The number of nitrogens with one attached hydrogen (secondary N) is 1. The smallest absolute Gasteiger partial charge is 0.242 e. The van der Waals surface area contributed by atoms with E-state index in [-0.39, 0.29) is 18.2 Å². The summed E-state index contributed by atoms with van der Waals surface area (Å²) < 4.78 is 35.8. The third-order valence-corrected chi connectivity index (χ3v) is 8.12. The van der Waals surface area contributed by atoms with Gasteiger partial charge in [0.15, 0.2) is 26.1 Å². The average molecular weight is 422 g/mol. The minimum atomic E-state index is -3.85. The number of sulfone groups is 1. The molecule has 8 heteroatoms. The van der Waals surface area contributed by atoms with Crippen LogP contribution in [0.25, 0.3) is 0 Å². The monoisotopic (exact) mass is 421 g/mol. The zero-order chi connectivity index (χ0) is 19.8. The van der Waals surface area contributed by atoms with Gasteiger partial charge in [-0.05, 0) is 54.8 Å². The van der Waals surface area contributed by atoms with Crippen LogP contribution in [0.1, 0.15) is 31.2 Å². The first kappa shape index (κ1) is 19.1. The fourth-order valence-electron chi connectivity index (χ4n) is 3.80. The summed E-state index contributed by atoms with van der Waals surface area (Å²) in [5, 5.41) is 3.27. The highest BCUT2D eigenvalue weighted by Gasteiger charge is 2.52. The van der Waals surface area contributed by atoms with Crippen LogP contribution in [0.3, 0.4) is 0 Å². The van der Waals surface area contributed by atoms with Crippen molar-refractivity contribution >= 4 is 27.3 Å². The van der Waals surface area contributed by atoms with E-state index < -0.39 is 20.5 Å². The van der Waals surface area contributed by atoms with Gasteiger partial charge in [-0.15, -0.1) is 0 Å². The van der Waals surface area contributed by atoms with Crippen molar-refractivity contribution in [2.45, 2.75) is 41.9 Å². The van der Waals surface area contributed by atoms with Crippen LogP contribution in [0, 0.1) is 0 Å². The van der Waals surface area contributed by atoms with E-state index in [1.165, 1.54) is 24.3 Å². The lowest BCUT2D eigenvalue weighted by atomic mass is 10.1. The highest BCUT2D eigenvalue weighted by Crippen LogP contribution is 2.41. The fourth-order valence-corrected chi connectivity index (χ4v) is 6.01. The molecule has 0 radical (unpaired) electrons. The molecule has 1 aliphatic carbocycles. The fraction of sp³-hybridized carbons (Fsp3) is 0.350. The van der Waals surface area contributed by atoms with Crippen molar-refractivity contribution in [1.82, 2.24) is 5.32 Å². The average Bonchev–Trinajstić information content (AvgIpc) is 3.36. The van der Waals surface area contributed by atoms with Gasteiger partial charge in [0, 0.05) is 11.6 Å². The summed E-state index contributed by atoms with van der Waals surface area (Å²) in [5.74, 6) is 0.821. The molecule has 2 aromatic carbocycles. The maximum atomic E-state index is 13.3. The molecule has 1 aliphatic heterocycles. The van der Waals surface area contributed by atoms with Crippen molar-refractivity contribution in [3.8, 4) is 11.5 Å². The molecule has 0 atom stereocenters. The summed E-state index contributed by atoms with van der Waals surface area (Å²) in [6.07, 6.45) is 2.02. The summed E-state index contributed by atoms with van der Waals surface area (Å²) in [7, 11) is -3.85. The van der Waals surface area contributed by atoms with E-state index in [4.69, 9.17) is 21.1 Å². The van der Waals surface area contributed by atoms with Gasteiger partial charge in [0.1, 0.15) is 0 Å². The SMILES string of the molecule is O=C(NCc1ccc2c(c1)OCO2)C1(S(=O)(=O)c2ccc(Cl)cc2)CCCC1. The van der Waals surface area contributed by atoms with E-state index in [1.54, 1.807) is 12.1 Å². The number of hydrogen-bond acceptors (Lipinski definition) is 5. The molecule has 4 rings (SSSR count). The second-order valence-corrected chi connectivity index (χ2v) is 9.73. The quantitative estimate of drug-likeness (QED) is 0.799. The van der Waals surface area contributed by atoms with E-state index in [2.05, 4.69) is 5.32 Å². The Hall–Kier alpha value is -2.25. The van der Waals surface area contributed by atoms with Crippen molar-refractivity contribution in [3.63, 3.8) is 0 Å². The molecule has 0 unspecified atom stereocenters. The number of benzene rings is 2. The van der Waals surface area contributed by atoms with E-state index in [0.717, 1.165) is 5.56 Å². The van der Waals surface area contributed by atoms with Crippen molar-refractivity contribution in [2.75, 3.05) is 6.79 Å². The lowest BCUT2D eigenvalue weighted by Gasteiger charge is -2.27. The topological polar surface area (TPSA) is 81.7 Å². The van der Waals surface area contributed by atoms with Crippen molar-refractivity contribution in [2.24, 2.45) is 0 Å². The molecule has 28 heavy (non-hydrogen) atoms. The Bertz CT molecular complexity index is 998. The molecule has 0 bridgehead atoms. The molecular formula is C20H20ClNO5S. The first-order valence-corrected chi connectivity index (χ1v) is 11.0. The first-order chi connectivity index (χ1) is 13.4. The molecule has 1 heterocycles. The molecular weight excluding hydrogens is 402 g/mol. The maximum absolute atomic E-state index is 13.3. The van der Waals surface area contributed by atoms with Crippen LogP contribution in [0.4, 0.5) is 0 Å². The third-order valence-electron chi connectivity index (χ3n) is 5.35. The number of carbonyl (C=O) groups is 1. The van der Waals surface area contributed by atoms with Gasteiger partial charge >= 0.3 is 0 Å². The van der Waals surface area contributed by atoms with E-state index in [0.29, 0.717) is 42.2 Å². The number of rotatable bonds is 5. The third kappa shape index (κ3) is 3.22. The predicted octanol–water partition coefficient (Wildman–Crippen LogP) is 3.47. The van der Waals surface area contributed by atoms with Crippen LogP contribution in [-0.4, -0.2) is 25.9 Å². The summed E-state index contributed by atoms with van der Waals surface area (Å²) >= 11 is 5.88. The summed E-state index contributed by atoms with van der Waals surface area (Å²) in [4.78, 5) is 13.2. The maximum Gasteiger partial charge on any atom is 0.242 e. The van der Waals surface area contributed by atoms with Crippen LogP contribution in [-0.2, 0) is 21.2 Å². The molecule has 0 saturated heterocycles. The molecule has 0 aromatic heterocycles. The minimum absolute atomic E-state index is 0.122. The highest BCUT2D eigenvalue weighted by atomic mass is 35.5. The lowest BCUT2D eigenvalue weighted by molar-refractivity contribution is -0.123. The van der Waals surface area contributed by atoms with E-state index >= 15 is 0 Å². The van der Waals surface area contributed by atoms with Gasteiger partial charge in [0.2, 0.25) is 12.7 Å². The molecule has 0 spiro atoms. The van der Waals surface area contributed by atoms with Gasteiger partial charge in [0.25, 0.3) is 0 Å². The van der Waals surface area contributed by atoms with Crippen molar-refractivity contribution in [3.05, 3.63) is 53.1 Å². The zero-order valence-corrected chi connectivity index (χ0v) is 16.7. The van der Waals surface area contributed by atoms with Crippen molar-refractivity contribution in [1.29, 1.82) is 0 Å².